The number of amides is 1. The van der Waals surface area contributed by atoms with Crippen LogP contribution in [0.25, 0.3) is 0 Å². The van der Waals surface area contributed by atoms with Crippen molar-refractivity contribution in [2.24, 2.45) is 0 Å². The number of aromatic nitrogens is 1. The van der Waals surface area contributed by atoms with Gasteiger partial charge in [-0.2, -0.15) is 0 Å². The molecule has 1 saturated heterocycles. The first kappa shape index (κ1) is 18.7. The molecule has 0 radical (unpaired) electrons. The molecule has 0 aromatic carbocycles. The highest BCUT2D eigenvalue weighted by Crippen LogP contribution is 2.36. The Morgan fingerprint density at radius 1 is 1.17 bits per heavy atom. The molecular weight excluding hydrogens is 307 g/mol. The number of carbonyl (C=O) groups is 1. The van der Waals surface area contributed by atoms with Crippen LogP contribution in [-0.2, 0) is 14.0 Å². The van der Waals surface area contributed by atoms with Crippen LogP contribution in [0.4, 0.5) is 10.5 Å². The van der Waals surface area contributed by atoms with Crippen molar-refractivity contribution >= 4 is 24.4 Å². The van der Waals surface area contributed by atoms with Crippen molar-refractivity contribution in [2.75, 3.05) is 5.32 Å². The molecule has 0 saturated carbocycles. The van der Waals surface area contributed by atoms with E-state index in [0.29, 0.717) is 5.69 Å². The molecule has 1 fully saturated rings. The molecule has 1 N–H and O–H groups in total. The van der Waals surface area contributed by atoms with Crippen LogP contribution in [0.1, 0.15) is 54.0 Å². The van der Waals surface area contributed by atoms with Gasteiger partial charge in [0, 0.05) is 11.7 Å². The molecule has 1 aliphatic heterocycles. The molecule has 1 amide bonds. The van der Waals surface area contributed by atoms with Gasteiger partial charge in [0.2, 0.25) is 0 Å². The van der Waals surface area contributed by atoms with Crippen molar-refractivity contribution in [2.45, 2.75) is 72.2 Å². The number of hydrogen-bond donors (Lipinski definition) is 1. The first-order chi connectivity index (χ1) is 10.8. The third-order valence-corrected chi connectivity index (χ3v) is 4.40. The molecule has 0 spiro atoms. The summed E-state index contributed by atoms with van der Waals surface area (Å²) in [5.74, 6) is 0. The summed E-state index contributed by atoms with van der Waals surface area (Å²) in [6, 6.07) is 0. The largest absolute Gasteiger partial charge is 0.496 e. The van der Waals surface area contributed by atoms with Crippen LogP contribution in [0.3, 0.4) is 0 Å². The molecule has 1 aromatic rings. The quantitative estimate of drug-likeness (QED) is 0.842. The topological polar surface area (TPSA) is 69.7 Å². The van der Waals surface area contributed by atoms with Crippen molar-refractivity contribution in [1.29, 1.82) is 0 Å². The van der Waals surface area contributed by atoms with Crippen LogP contribution in [-0.4, -0.2) is 35.0 Å². The molecule has 1 aliphatic rings. The second kappa shape index (κ2) is 6.04. The summed E-state index contributed by atoms with van der Waals surface area (Å²) in [5.41, 5.74) is 0.791. The summed E-state index contributed by atoms with van der Waals surface area (Å²) < 4.78 is 17.4. The average Bonchev–Trinajstić information content (AvgIpc) is 2.58. The second-order valence-electron chi connectivity index (χ2n) is 8.12. The SMILES string of the molecule is Cc1c(NC(=O)OC(C)(C)C)cncc1B1OC(C)(C)C(C)(C)O1. The van der Waals surface area contributed by atoms with Gasteiger partial charge < -0.3 is 14.0 Å². The van der Waals surface area contributed by atoms with E-state index in [2.05, 4.69) is 10.3 Å². The summed E-state index contributed by atoms with van der Waals surface area (Å²) in [5, 5.41) is 2.74. The van der Waals surface area contributed by atoms with Crippen molar-refractivity contribution < 1.29 is 18.8 Å². The minimum absolute atomic E-state index is 0.432. The van der Waals surface area contributed by atoms with Gasteiger partial charge in [-0.05, 0) is 61.0 Å². The van der Waals surface area contributed by atoms with Crippen molar-refractivity contribution in [3.8, 4) is 0 Å². The summed E-state index contributed by atoms with van der Waals surface area (Å²) >= 11 is 0. The van der Waals surface area contributed by atoms with Gasteiger partial charge in [-0.3, -0.25) is 10.3 Å². The van der Waals surface area contributed by atoms with Gasteiger partial charge in [-0.25, -0.2) is 4.79 Å². The maximum absolute atomic E-state index is 12.0. The van der Waals surface area contributed by atoms with E-state index in [-0.39, 0.29) is 0 Å². The Morgan fingerprint density at radius 2 is 1.71 bits per heavy atom. The zero-order chi connectivity index (χ0) is 18.3. The molecule has 0 atom stereocenters. The number of nitrogens with zero attached hydrogens (tertiary/aromatic N) is 1. The summed E-state index contributed by atoms with van der Waals surface area (Å²) in [7, 11) is -0.525. The van der Waals surface area contributed by atoms with Crippen LogP contribution in [0, 0.1) is 6.92 Å². The van der Waals surface area contributed by atoms with Crippen LogP contribution in [0.15, 0.2) is 12.4 Å². The number of rotatable bonds is 2. The minimum Gasteiger partial charge on any atom is -0.444 e. The summed E-state index contributed by atoms with van der Waals surface area (Å²) in [4.78, 5) is 16.2. The van der Waals surface area contributed by atoms with E-state index in [0.717, 1.165) is 11.0 Å². The van der Waals surface area contributed by atoms with E-state index in [9.17, 15) is 4.79 Å². The third-order valence-electron chi connectivity index (χ3n) is 4.40. The molecule has 7 heteroatoms. The van der Waals surface area contributed by atoms with Gasteiger partial charge in [0.25, 0.3) is 0 Å². The van der Waals surface area contributed by atoms with Crippen LogP contribution in [0.2, 0.25) is 0 Å². The molecule has 0 unspecified atom stereocenters. The first-order valence-electron chi connectivity index (χ1n) is 8.12. The van der Waals surface area contributed by atoms with Gasteiger partial charge in [0.1, 0.15) is 5.60 Å². The predicted molar refractivity (Wildman–Crippen MR) is 94.5 cm³/mol. The number of anilines is 1. The predicted octanol–water partition coefficient (Wildman–Crippen LogP) is 3.04. The smallest absolute Gasteiger partial charge is 0.444 e. The third kappa shape index (κ3) is 3.90. The standard InChI is InChI=1S/C17H27BN2O4/c1-11-12(18-23-16(5,6)17(7,8)24-18)9-19-10-13(11)20-14(21)22-15(2,3)4/h9-10H,1-8H3,(H,20,21). The molecule has 2 rings (SSSR count). The van der Waals surface area contributed by atoms with Gasteiger partial charge in [0.05, 0.1) is 23.1 Å². The molecule has 0 bridgehead atoms. The van der Waals surface area contributed by atoms with E-state index in [4.69, 9.17) is 14.0 Å². The number of ether oxygens (including phenoxy) is 1. The van der Waals surface area contributed by atoms with Gasteiger partial charge >= 0.3 is 13.2 Å². The Balaban J connectivity index is 2.22. The number of carbonyl (C=O) groups excluding carboxylic acids is 1. The lowest BCUT2D eigenvalue weighted by Crippen LogP contribution is -2.41. The Bertz CT molecular complexity index is 622. The Hall–Kier alpha value is -1.60. The molecular formula is C17H27BN2O4. The van der Waals surface area contributed by atoms with E-state index in [1.165, 1.54) is 0 Å². The zero-order valence-corrected chi connectivity index (χ0v) is 15.8. The van der Waals surface area contributed by atoms with E-state index in [1.807, 2.05) is 55.4 Å². The lowest BCUT2D eigenvalue weighted by Gasteiger charge is -2.32. The van der Waals surface area contributed by atoms with Crippen molar-refractivity contribution in [3.63, 3.8) is 0 Å². The summed E-state index contributed by atoms with van der Waals surface area (Å²) in [6.45, 7) is 15.3. The monoisotopic (exact) mass is 334 g/mol. The fourth-order valence-electron chi connectivity index (χ4n) is 2.29. The highest BCUT2D eigenvalue weighted by Gasteiger charge is 2.52. The fraction of sp³-hybridized carbons (Fsp3) is 0.647. The number of nitrogens with one attached hydrogen (secondary N) is 1. The van der Waals surface area contributed by atoms with Gasteiger partial charge in [0.15, 0.2) is 0 Å². The van der Waals surface area contributed by atoms with Crippen molar-refractivity contribution in [3.05, 3.63) is 18.0 Å². The van der Waals surface area contributed by atoms with Crippen LogP contribution < -0.4 is 10.8 Å². The van der Waals surface area contributed by atoms with Crippen LogP contribution >= 0.6 is 0 Å². The summed E-state index contributed by atoms with van der Waals surface area (Å²) in [6.07, 6.45) is 2.78. The molecule has 2 heterocycles. The van der Waals surface area contributed by atoms with Gasteiger partial charge in [-0.15, -0.1) is 0 Å². The Kier molecular flexibility index (Phi) is 4.72. The number of hydrogen-bond acceptors (Lipinski definition) is 5. The lowest BCUT2D eigenvalue weighted by molar-refractivity contribution is 0.00578. The molecule has 1 aromatic heterocycles. The molecule has 6 nitrogen and oxygen atoms in total. The maximum atomic E-state index is 12.0. The van der Waals surface area contributed by atoms with Crippen LogP contribution in [0.5, 0.6) is 0 Å². The minimum atomic E-state index is -0.561. The Labute approximate surface area is 144 Å². The first-order valence-corrected chi connectivity index (χ1v) is 8.12. The van der Waals surface area contributed by atoms with Crippen molar-refractivity contribution in [1.82, 2.24) is 4.98 Å². The highest BCUT2D eigenvalue weighted by molar-refractivity contribution is 6.62. The maximum Gasteiger partial charge on any atom is 0.496 e. The average molecular weight is 334 g/mol. The van der Waals surface area contributed by atoms with E-state index < -0.39 is 30.0 Å². The van der Waals surface area contributed by atoms with E-state index >= 15 is 0 Å². The second-order valence-corrected chi connectivity index (χ2v) is 8.12. The Morgan fingerprint density at radius 3 is 2.21 bits per heavy atom. The molecule has 132 valence electrons. The normalized spacial score (nSPS) is 19.2. The highest BCUT2D eigenvalue weighted by atomic mass is 16.7. The fourth-order valence-corrected chi connectivity index (χ4v) is 2.29. The molecule has 24 heavy (non-hydrogen) atoms. The van der Waals surface area contributed by atoms with E-state index in [1.54, 1.807) is 12.4 Å². The number of pyridine rings is 1. The lowest BCUT2D eigenvalue weighted by atomic mass is 9.77. The molecule has 0 aliphatic carbocycles. The van der Waals surface area contributed by atoms with Gasteiger partial charge in [-0.1, -0.05) is 0 Å². The zero-order valence-electron chi connectivity index (χ0n) is 15.8.